The van der Waals surface area contributed by atoms with Crippen molar-refractivity contribution in [1.29, 1.82) is 0 Å². The molecular formula is C23H32O2Si. The first-order valence-electron chi connectivity index (χ1n) is 9.89. The molecule has 1 fully saturated rings. The summed E-state index contributed by atoms with van der Waals surface area (Å²) in [5, 5.41) is 12.6. The van der Waals surface area contributed by atoms with Gasteiger partial charge in [0.15, 0.2) is 0 Å². The zero-order valence-electron chi connectivity index (χ0n) is 16.3. The Bertz CT molecular complexity index is 639. The lowest BCUT2D eigenvalue weighted by Crippen LogP contribution is -2.68. The Labute approximate surface area is 159 Å². The second-order valence-corrected chi connectivity index (χ2v) is 12.8. The molecule has 0 spiro atoms. The lowest BCUT2D eigenvalue weighted by Gasteiger charge is -2.47. The van der Waals surface area contributed by atoms with Crippen LogP contribution < -0.4 is 10.4 Å². The molecule has 2 aromatic carbocycles. The van der Waals surface area contributed by atoms with Gasteiger partial charge < -0.3 is 9.53 Å². The third-order valence-corrected chi connectivity index (χ3v) is 10.9. The third-order valence-electron chi connectivity index (χ3n) is 5.82. The van der Waals surface area contributed by atoms with Crippen LogP contribution in [0.5, 0.6) is 0 Å². The molecule has 0 aliphatic heterocycles. The molecule has 26 heavy (non-hydrogen) atoms. The van der Waals surface area contributed by atoms with Crippen LogP contribution in [0.3, 0.4) is 0 Å². The fraction of sp³-hybridized carbons (Fsp3) is 0.478. The number of benzene rings is 2. The average Bonchev–Trinajstić information content (AvgIpc) is 2.67. The van der Waals surface area contributed by atoms with E-state index in [1.54, 1.807) is 0 Å². The van der Waals surface area contributed by atoms with Crippen molar-refractivity contribution in [3.63, 3.8) is 0 Å². The molecule has 0 bridgehead atoms. The SMILES string of the molecule is CC(C)(C)[Si](O[C@@H]1CCCC[C@H]1CO)(c1ccccc1)c1ccccc1. The predicted molar refractivity (Wildman–Crippen MR) is 112 cm³/mol. The molecule has 0 saturated heterocycles. The minimum absolute atomic E-state index is 0.00679. The zero-order chi connectivity index (χ0) is 18.6. The quantitative estimate of drug-likeness (QED) is 0.805. The third kappa shape index (κ3) is 3.66. The summed E-state index contributed by atoms with van der Waals surface area (Å²) in [5.74, 6) is 0.255. The van der Waals surface area contributed by atoms with Crippen LogP contribution in [0.15, 0.2) is 60.7 Å². The summed E-state index contributed by atoms with van der Waals surface area (Å²) in [6.45, 7) is 7.17. The molecule has 0 radical (unpaired) electrons. The molecule has 1 aliphatic rings. The van der Waals surface area contributed by atoms with Gasteiger partial charge in [-0.2, -0.15) is 0 Å². The molecular weight excluding hydrogens is 336 g/mol. The minimum Gasteiger partial charge on any atom is -0.404 e. The molecule has 0 aromatic heterocycles. The molecule has 3 heteroatoms. The number of rotatable bonds is 5. The molecule has 2 atom stereocenters. The number of hydrogen-bond donors (Lipinski definition) is 1. The summed E-state index contributed by atoms with van der Waals surface area (Å²) >= 11 is 0. The molecule has 1 N–H and O–H groups in total. The second-order valence-electron chi connectivity index (χ2n) is 8.55. The van der Waals surface area contributed by atoms with Crippen LogP contribution in [0.1, 0.15) is 46.5 Å². The van der Waals surface area contributed by atoms with E-state index in [1.807, 2.05) is 0 Å². The van der Waals surface area contributed by atoms with Gasteiger partial charge in [-0.25, -0.2) is 0 Å². The summed E-state index contributed by atoms with van der Waals surface area (Å²) in [6.07, 6.45) is 4.65. The smallest absolute Gasteiger partial charge is 0.261 e. The molecule has 140 valence electrons. The van der Waals surface area contributed by atoms with E-state index in [4.69, 9.17) is 4.43 Å². The van der Waals surface area contributed by atoms with E-state index in [0.717, 1.165) is 12.8 Å². The molecule has 2 aromatic rings. The Morgan fingerprint density at radius 3 is 1.85 bits per heavy atom. The highest BCUT2D eigenvalue weighted by molar-refractivity contribution is 6.99. The Morgan fingerprint density at radius 1 is 0.885 bits per heavy atom. The fourth-order valence-electron chi connectivity index (χ4n) is 4.46. The lowest BCUT2D eigenvalue weighted by atomic mass is 9.87. The molecule has 2 nitrogen and oxygen atoms in total. The van der Waals surface area contributed by atoms with Gasteiger partial charge in [0.25, 0.3) is 8.32 Å². The van der Waals surface area contributed by atoms with Crippen molar-refractivity contribution in [3.8, 4) is 0 Å². The molecule has 1 aliphatic carbocycles. The van der Waals surface area contributed by atoms with Crippen LogP contribution in [0, 0.1) is 5.92 Å². The van der Waals surface area contributed by atoms with E-state index < -0.39 is 8.32 Å². The van der Waals surface area contributed by atoms with E-state index in [0.29, 0.717) is 0 Å². The van der Waals surface area contributed by atoms with Gasteiger partial charge >= 0.3 is 0 Å². The maximum atomic E-state index is 9.94. The van der Waals surface area contributed by atoms with E-state index in [-0.39, 0.29) is 23.7 Å². The summed E-state index contributed by atoms with van der Waals surface area (Å²) in [5.41, 5.74) is 0. The molecule has 1 saturated carbocycles. The van der Waals surface area contributed by atoms with Crippen molar-refractivity contribution in [1.82, 2.24) is 0 Å². The summed E-state index contributed by atoms with van der Waals surface area (Å²) in [4.78, 5) is 0. The molecule has 3 rings (SSSR count). The van der Waals surface area contributed by atoms with Crippen LogP contribution in [-0.2, 0) is 4.43 Å². The summed E-state index contributed by atoms with van der Waals surface area (Å²) in [6, 6.07) is 21.6. The van der Waals surface area contributed by atoms with E-state index >= 15 is 0 Å². The van der Waals surface area contributed by atoms with Crippen LogP contribution in [-0.4, -0.2) is 26.1 Å². The van der Waals surface area contributed by atoms with Crippen LogP contribution in [0.4, 0.5) is 0 Å². The molecule has 0 heterocycles. The Balaban J connectivity index is 2.14. The highest BCUT2D eigenvalue weighted by atomic mass is 28.4. The van der Waals surface area contributed by atoms with E-state index in [2.05, 4.69) is 81.4 Å². The van der Waals surface area contributed by atoms with Gasteiger partial charge in [-0.1, -0.05) is 94.3 Å². The molecule has 0 amide bonds. The van der Waals surface area contributed by atoms with Gasteiger partial charge in [-0.05, 0) is 28.3 Å². The summed E-state index contributed by atoms with van der Waals surface area (Å²) in [7, 11) is -2.51. The summed E-state index contributed by atoms with van der Waals surface area (Å²) < 4.78 is 7.20. The Kier molecular flexibility index (Phi) is 6.01. The van der Waals surface area contributed by atoms with Gasteiger partial charge in [0, 0.05) is 12.5 Å². The van der Waals surface area contributed by atoms with E-state index in [1.165, 1.54) is 23.2 Å². The maximum absolute atomic E-state index is 9.94. The highest BCUT2D eigenvalue weighted by Gasteiger charge is 2.52. The normalized spacial score (nSPS) is 21.5. The number of aliphatic hydroxyl groups excluding tert-OH is 1. The first-order valence-corrected chi connectivity index (χ1v) is 11.8. The lowest BCUT2D eigenvalue weighted by molar-refractivity contribution is 0.0469. The number of hydrogen-bond acceptors (Lipinski definition) is 2. The van der Waals surface area contributed by atoms with E-state index in [9.17, 15) is 5.11 Å². The van der Waals surface area contributed by atoms with Crippen LogP contribution in [0.25, 0.3) is 0 Å². The van der Waals surface area contributed by atoms with Gasteiger partial charge in [0.05, 0.1) is 6.10 Å². The highest BCUT2D eigenvalue weighted by Crippen LogP contribution is 2.40. The predicted octanol–water partition coefficient (Wildman–Crippen LogP) is 4.11. The maximum Gasteiger partial charge on any atom is 0.261 e. The van der Waals surface area contributed by atoms with Gasteiger partial charge in [0.2, 0.25) is 0 Å². The second kappa shape index (κ2) is 8.08. The van der Waals surface area contributed by atoms with Crippen molar-refractivity contribution in [3.05, 3.63) is 60.7 Å². The zero-order valence-corrected chi connectivity index (χ0v) is 17.3. The topological polar surface area (TPSA) is 29.5 Å². The van der Waals surface area contributed by atoms with Gasteiger partial charge in [-0.15, -0.1) is 0 Å². The van der Waals surface area contributed by atoms with Crippen molar-refractivity contribution in [2.24, 2.45) is 5.92 Å². The minimum atomic E-state index is -2.51. The van der Waals surface area contributed by atoms with Crippen LogP contribution in [0.2, 0.25) is 5.04 Å². The standard InChI is InChI=1S/C23H32O2Si/c1-23(2,3)26(20-13-6-4-7-14-20,21-15-8-5-9-16-21)25-22-17-11-10-12-19(22)18-24/h4-9,13-16,19,22,24H,10-12,17-18H2,1-3H3/t19-,22+/m0/s1. The van der Waals surface area contributed by atoms with Crippen molar-refractivity contribution in [2.45, 2.75) is 57.6 Å². The largest absolute Gasteiger partial charge is 0.404 e. The first-order chi connectivity index (χ1) is 12.5. The molecule has 0 unspecified atom stereocenters. The van der Waals surface area contributed by atoms with Gasteiger partial charge in [0.1, 0.15) is 0 Å². The van der Waals surface area contributed by atoms with Gasteiger partial charge in [-0.3, -0.25) is 0 Å². The fourth-order valence-corrected chi connectivity index (χ4v) is 9.24. The van der Waals surface area contributed by atoms with Crippen molar-refractivity contribution < 1.29 is 9.53 Å². The Hall–Kier alpha value is -1.42. The Morgan fingerprint density at radius 2 is 1.38 bits per heavy atom. The van der Waals surface area contributed by atoms with Crippen molar-refractivity contribution >= 4 is 18.7 Å². The van der Waals surface area contributed by atoms with Crippen molar-refractivity contribution in [2.75, 3.05) is 6.61 Å². The monoisotopic (exact) mass is 368 g/mol. The number of aliphatic hydroxyl groups is 1. The van der Waals surface area contributed by atoms with Crippen LogP contribution >= 0.6 is 0 Å². The first kappa shape index (κ1) is 19.3. The average molecular weight is 369 g/mol.